The summed E-state index contributed by atoms with van der Waals surface area (Å²) < 4.78 is 0. The molecule has 0 aliphatic rings. The Morgan fingerprint density at radius 3 is 2.67 bits per heavy atom. The summed E-state index contributed by atoms with van der Waals surface area (Å²) in [4.78, 5) is 11.8. The van der Waals surface area contributed by atoms with Gasteiger partial charge in [-0.1, -0.05) is 0 Å². The van der Waals surface area contributed by atoms with Crippen LogP contribution >= 0.6 is 0 Å². The molecule has 2 atom stereocenters. The first-order chi connectivity index (χ1) is 8.63. The summed E-state index contributed by atoms with van der Waals surface area (Å²) in [5.74, 6) is 2.14. The van der Waals surface area contributed by atoms with E-state index in [0.717, 1.165) is 18.2 Å². The van der Waals surface area contributed by atoms with Crippen molar-refractivity contribution in [2.45, 2.75) is 43.0 Å². The topological polar surface area (TPSA) is 55.1 Å². The molecule has 3 nitrogen and oxygen atoms in total. The summed E-state index contributed by atoms with van der Waals surface area (Å²) in [5, 5.41) is 4.04. The predicted octanol–water partition coefficient (Wildman–Crippen LogP) is 1.62. The van der Waals surface area contributed by atoms with Crippen molar-refractivity contribution in [2.24, 2.45) is 5.73 Å². The Hall–Kier alpha value is -0.831. The molecule has 18 heavy (non-hydrogen) atoms. The molecule has 1 amide bonds. The first-order valence-corrected chi connectivity index (χ1v) is 9.14. The monoisotopic (exact) mass is 314 g/mol. The van der Waals surface area contributed by atoms with Crippen molar-refractivity contribution in [1.82, 2.24) is 5.32 Å². The van der Waals surface area contributed by atoms with Crippen molar-refractivity contribution in [2.75, 3.05) is 0 Å². The molecule has 0 aromatic heterocycles. The average Bonchev–Trinajstić information content (AvgIpc) is 2.36. The van der Waals surface area contributed by atoms with Crippen molar-refractivity contribution in [3.8, 4) is 0 Å². The van der Waals surface area contributed by atoms with Crippen molar-refractivity contribution in [1.29, 1.82) is 0 Å². The fraction of sp³-hybridized carbons (Fsp3) is 0.500. The van der Waals surface area contributed by atoms with E-state index in [2.05, 4.69) is 23.3 Å². The molecule has 1 aromatic rings. The van der Waals surface area contributed by atoms with Crippen molar-refractivity contribution in [3.05, 3.63) is 35.9 Å². The van der Waals surface area contributed by atoms with Gasteiger partial charge in [0.2, 0.25) is 0 Å². The summed E-state index contributed by atoms with van der Waals surface area (Å²) >= 11 is 0.591. The third-order valence-electron chi connectivity index (χ3n) is 2.74. The average molecular weight is 313 g/mol. The van der Waals surface area contributed by atoms with Gasteiger partial charge in [-0.3, -0.25) is 0 Å². The Labute approximate surface area is 116 Å². The van der Waals surface area contributed by atoms with Gasteiger partial charge in [-0.15, -0.1) is 0 Å². The van der Waals surface area contributed by atoms with Crippen LogP contribution in [-0.4, -0.2) is 32.9 Å². The molecule has 0 spiro atoms. The van der Waals surface area contributed by atoms with Crippen molar-refractivity contribution in [3.63, 3.8) is 0 Å². The molecule has 100 valence electrons. The fourth-order valence-corrected chi connectivity index (χ4v) is 2.77. The van der Waals surface area contributed by atoms with Crippen LogP contribution in [-0.2, 0) is 11.2 Å². The molecule has 3 N–H and O–H groups in total. The molecule has 0 heterocycles. The third kappa shape index (κ3) is 5.67. The second-order valence-electron chi connectivity index (χ2n) is 4.49. The van der Waals surface area contributed by atoms with E-state index in [0.29, 0.717) is 15.0 Å². The van der Waals surface area contributed by atoms with Gasteiger partial charge in [-0.05, 0) is 0 Å². The van der Waals surface area contributed by atoms with Crippen LogP contribution in [0.15, 0.2) is 30.3 Å². The molecule has 0 bridgehead atoms. The van der Waals surface area contributed by atoms with Crippen LogP contribution < -0.4 is 11.1 Å². The Bertz CT molecular complexity index is 356. The van der Waals surface area contributed by atoms with E-state index in [-0.39, 0.29) is 18.0 Å². The van der Waals surface area contributed by atoms with Gasteiger partial charge in [0.25, 0.3) is 0 Å². The summed E-state index contributed by atoms with van der Waals surface area (Å²) in [6.07, 6.45) is 1.64. The van der Waals surface area contributed by atoms with Gasteiger partial charge in [0.05, 0.1) is 0 Å². The fourth-order valence-electron chi connectivity index (χ4n) is 1.74. The molecule has 0 fully saturated rings. The molecule has 4 heteroatoms. The normalized spacial score (nSPS) is 13.9. The van der Waals surface area contributed by atoms with Gasteiger partial charge >= 0.3 is 116 Å². The molecule has 0 aliphatic heterocycles. The summed E-state index contributed by atoms with van der Waals surface area (Å²) in [6.45, 7) is 2.02. The van der Waals surface area contributed by atoms with Gasteiger partial charge in [0.1, 0.15) is 0 Å². The van der Waals surface area contributed by atoms with E-state index in [1.807, 2.05) is 25.1 Å². The second-order valence-corrected chi connectivity index (χ2v) is 6.56. The number of benzene rings is 1. The number of hydrogen-bond acceptors (Lipinski definition) is 2. The molecular formula is C14H22N2OSe. The molecule has 1 aromatic carbocycles. The van der Waals surface area contributed by atoms with E-state index >= 15 is 0 Å². The Morgan fingerprint density at radius 1 is 1.39 bits per heavy atom. The zero-order chi connectivity index (χ0) is 13.4. The van der Waals surface area contributed by atoms with Crippen LogP contribution in [0.1, 0.15) is 18.9 Å². The van der Waals surface area contributed by atoms with Gasteiger partial charge in [0.15, 0.2) is 0 Å². The third-order valence-corrected chi connectivity index (χ3v) is 4.09. The molecule has 2 unspecified atom stereocenters. The number of amides is 1. The number of nitrogens with one attached hydrogen (secondary N) is 1. The number of carbonyl (C=O) groups excluding carboxylic acids is 1. The zero-order valence-corrected chi connectivity index (χ0v) is 12.8. The van der Waals surface area contributed by atoms with Gasteiger partial charge < -0.3 is 0 Å². The van der Waals surface area contributed by atoms with E-state index in [9.17, 15) is 4.79 Å². The minimum atomic E-state index is -0.356. The summed E-state index contributed by atoms with van der Waals surface area (Å²) in [5.41, 5.74) is 7.08. The predicted molar refractivity (Wildman–Crippen MR) is 76.8 cm³/mol. The molecule has 0 saturated carbocycles. The molecule has 0 radical (unpaired) electrons. The van der Waals surface area contributed by atoms with Gasteiger partial charge in [0, 0.05) is 0 Å². The maximum atomic E-state index is 11.8. The quantitative estimate of drug-likeness (QED) is 0.752. The van der Waals surface area contributed by atoms with Crippen LogP contribution in [0.25, 0.3) is 0 Å². The number of nitrogens with two attached hydrogens (primary N) is 1. The van der Waals surface area contributed by atoms with E-state index in [4.69, 9.17) is 5.73 Å². The summed E-state index contributed by atoms with van der Waals surface area (Å²) in [7, 11) is 0. The first kappa shape index (κ1) is 15.2. The molecule has 0 saturated heterocycles. The number of carbonyl (C=O) groups is 1. The Balaban J connectivity index is 2.35. The van der Waals surface area contributed by atoms with Crippen LogP contribution in [0.5, 0.6) is 0 Å². The SMILES string of the molecule is C[Se]CCC(N)C(=O)NC(C)Cc1ccccc1. The summed E-state index contributed by atoms with van der Waals surface area (Å²) in [6, 6.07) is 9.93. The van der Waals surface area contributed by atoms with Crippen LogP contribution in [0, 0.1) is 0 Å². The Kier molecular flexibility index (Phi) is 7.02. The van der Waals surface area contributed by atoms with E-state index in [1.165, 1.54) is 5.56 Å². The number of hydrogen-bond donors (Lipinski definition) is 2. The van der Waals surface area contributed by atoms with Crippen LogP contribution in [0.4, 0.5) is 0 Å². The molecular weight excluding hydrogens is 291 g/mol. The van der Waals surface area contributed by atoms with Crippen molar-refractivity contribution < 1.29 is 4.79 Å². The van der Waals surface area contributed by atoms with Crippen LogP contribution in [0.2, 0.25) is 11.1 Å². The number of rotatable bonds is 7. The second kappa shape index (κ2) is 8.30. The maximum absolute atomic E-state index is 11.8. The van der Waals surface area contributed by atoms with Crippen LogP contribution in [0.3, 0.4) is 0 Å². The standard InChI is InChI=1S/C14H22N2OSe/c1-11(10-12-6-4-3-5-7-12)16-14(17)13(15)8-9-18-2/h3-7,11,13H,8-10,15H2,1-2H3,(H,16,17). The Morgan fingerprint density at radius 2 is 2.06 bits per heavy atom. The molecule has 0 aliphatic carbocycles. The van der Waals surface area contributed by atoms with Gasteiger partial charge in [-0.2, -0.15) is 0 Å². The van der Waals surface area contributed by atoms with E-state index < -0.39 is 0 Å². The minimum absolute atomic E-state index is 0.0253. The van der Waals surface area contributed by atoms with Crippen molar-refractivity contribution >= 4 is 20.9 Å². The van der Waals surface area contributed by atoms with E-state index in [1.54, 1.807) is 0 Å². The molecule has 1 rings (SSSR count). The van der Waals surface area contributed by atoms with Gasteiger partial charge in [-0.25, -0.2) is 0 Å². The first-order valence-electron chi connectivity index (χ1n) is 6.22. The zero-order valence-electron chi connectivity index (χ0n) is 11.1.